The SMILES string of the molecule is COc1cccc(C(CO)C2C3CCN(CC3)C2c2ccccc2)c1. The predicted octanol–water partition coefficient (Wildman–Crippen LogP) is 3.85. The summed E-state index contributed by atoms with van der Waals surface area (Å²) in [5.74, 6) is 2.14. The van der Waals surface area contributed by atoms with Crippen LogP contribution in [0.3, 0.4) is 0 Å². The Morgan fingerprint density at radius 1 is 1.08 bits per heavy atom. The number of benzene rings is 2. The smallest absolute Gasteiger partial charge is 0.119 e. The topological polar surface area (TPSA) is 32.7 Å². The summed E-state index contributed by atoms with van der Waals surface area (Å²) in [7, 11) is 1.70. The number of aliphatic hydroxyl groups excluding tert-OH is 1. The Morgan fingerprint density at radius 3 is 2.52 bits per heavy atom. The number of methoxy groups -OCH3 is 1. The third-order valence-electron chi connectivity index (χ3n) is 6.20. The molecule has 2 bridgehead atoms. The van der Waals surface area contributed by atoms with Crippen LogP contribution < -0.4 is 4.74 Å². The van der Waals surface area contributed by atoms with Crippen LogP contribution in [0.1, 0.15) is 35.9 Å². The first-order valence-corrected chi connectivity index (χ1v) is 9.35. The minimum atomic E-state index is 0.147. The number of piperidine rings is 3. The van der Waals surface area contributed by atoms with Crippen LogP contribution in [0.4, 0.5) is 0 Å². The third-order valence-corrected chi connectivity index (χ3v) is 6.20. The molecule has 0 radical (unpaired) electrons. The maximum atomic E-state index is 10.3. The largest absolute Gasteiger partial charge is 0.497 e. The van der Waals surface area contributed by atoms with Crippen molar-refractivity contribution in [3.63, 3.8) is 0 Å². The van der Waals surface area contributed by atoms with Crippen molar-refractivity contribution < 1.29 is 9.84 Å². The molecule has 3 aliphatic heterocycles. The van der Waals surface area contributed by atoms with Crippen molar-refractivity contribution in [1.82, 2.24) is 4.90 Å². The zero-order chi connectivity index (χ0) is 17.2. The Balaban J connectivity index is 1.73. The Hall–Kier alpha value is -1.84. The van der Waals surface area contributed by atoms with Gasteiger partial charge in [-0.05, 0) is 61.0 Å². The van der Waals surface area contributed by atoms with E-state index in [9.17, 15) is 5.11 Å². The molecule has 3 saturated heterocycles. The lowest BCUT2D eigenvalue weighted by Gasteiger charge is -2.53. The maximum Gasteiger partial charge on any atom is 0.119 e. The second kappa shape index (κ2) is 7.19. The maximum absolute atomic E-state index is 10.3. The van der Waals surface area contributed by atoms with Crippen LogP contribution >= 0.6 is 0 Å². The highest BCUT2D eigenvalue weighted by molar-refractivity contribution is 5.33. The van der Waals surface area contributed by atoms with Crippen molar-refractivity contribution in [1.29, 1.82) is 0 Å². The highest BCUT2D eigenvalue weighted by atomic mass is 16.5. The standard InChI is InChI=1S/C22H27NO2/c1-25-19-9-5-8-18(14-19)20(15-24)21-16-10-12-23(13-11-16)22(21)17-6-3-2-4-7-17/h2-9,14,16,20-22,24H,10-13,15H2,1H3. The molecule has 2 aromatic rings. The number of aliphatic hydroxyl groups is 1. The Morgan fingerprint density at radius 2 is 1.84 bits per heavy atom. The van der Waals surface area contributed by atoms with Crippen molar-refractivity contribution in [3.8, 4) is 5.75 Å². The molecule has 2 aromatic carbocycles. The molecule has 3 heteroatoms. The minimum Gasteiger partial charge on any atom is -0.497 e. The molecule has 0 aromatic heterocycles. The second-order valence-electron chi connectivity index (χ2n) is 7.37. The molecule has 0 amide bonds. The number of rotatable bonds is 5. The van der Waals surface area contributed by atoms with Gasteiger partial charge < -0.3 is 9.84 Å². The molecule has 3 aliphatic rings. The van der Waals surface area contributed by atoms with E-state index < -0.39 is 0 Å². The van der Waals surface area contributed by atoms with Gasteiger partial charge in [-0.3, -0.25) is 4.90 Å². The van der Waals surface area contributed by atoms with Crippen LogP contribution in [-0.4, -0.2) is 36.8 Å². The van der Waals surface area contributed by atoms with Gasteiger partial charge in [-0.1, -0.05) is 42.5 Å². The normalized spacial score (nSPS) is 29.4. The Kier molecular flexibility index (Phi) is 4.78. The number of nitrogens with zero attached hydrogens (tertiary/aromatic N) is 1. The minimum absolute atomic E-state index is 0.147. The molecule has 3 atom stereocenters. The van der Waals surface area contributed by atoms with E-state index in [0.717, 1.165) is 5.75 Å². The second-order valence-corrected chi connectivity index (χ2v) is 7.37. The lowest BCUT2D eigenvalue weighted by Crippen LogP contribution is -2.51. The molecular weight excluding hydrogens is 310 g/mol. The summed E-state index contributed by atoms with van der Waals surface area (Å²) >= 11 is 0. The molecule has 132 valence electrons. The van der Waals surface area contributed by atoms with Gasteiger partial charge in [0.15, 0.2) is 0 Å². The lowest BCUT2D eigenvalue weighted by molar-refractivity contribution is -0.0327. The van der Waals surface area contributed by atoms with Crippen molar-refractivity contribution >= 4 is 0 Å². The summed E-state index contributed by atoms with van der Waals surface area (Å²) in [4.78, 5) is 2.63. The predicted molar refractivity (Wildman–Crippen MR) is 99.8 cm³/mol. The average molecular weight is 337 g/mol. The van der Waals surface area contributed by atoms with Gasteiger partial charge in [0.25, 0.3) is 0 Å². The third kappa shape index (κ3) is 3.07. The lowest BCUT2D eigenvalue weighted by atomic mass is 9.65. The van der Waals surface area contributed by atoms with Gasteiger partial charge in [0, 0.05) is 12.0 Å². The van der Waals surface area contributed by atoms with E-state index in [-0.39, 0.29) is 12.5 Å². The first-order chi connectivity index (χ1) is 12.3. The summed E-state index contributed by atoms with van der Waals surface area (Å²) in [5.41, 5.74) is 2.58. The van der Waals surface area contributed by atoms with Crippen molar-refractivity contribution in [2.45, 2.75) is 24.8 Å². The average Bonchev–Trinajstić information content (AvgIpc) is 2.70. The van der Waals surface area contributed by atoms with Crippen LogP contribution in [-0.2, 0) is 0 Å². The van der Waals surface area contributed by atoms with Gasteiger partial charge in [0.2, 0.25) is 0 Å². The fraction of sp³-hybridized carbons (Fsp3) is 0.455. The van der Waals surface area contributed by atoms with Gasteiger partial charge in [0.1, 0.15) is 5.75 Å². The van der Waals surface area contributed by atoms with Crippen LogP contribution in [0.2, 0.25) is 0 Å². The van der Waals surface area contributed by atoms with Gasteiger partial charge in [-0.2, -0.15) is 0 Å². The number of hydrogen-bond donors (Lipinski definition) is 1. The Bertz CT molecular complexity index is 694. The number of ether oxygens (including phenoxy) is 1. The van der Waals surface area contributed by atoms with Crippen LogP contribution in [0, 0.1) is 11.8 Å². The van der Waals surface area contributed by atoms with Gasteiger partial charge in [-0.15, -0.1) is 0 Å². The van der Waals surface area contributed by atoms with E-state index in [1.165, 1.54) is 37.1 Å². The number of hydrogen-bond acceptors (Lipinski definition) is 3. The van der Waals surface area contributed by atoms with Gasteiger partial charge in [0.05, 0.1) is 13.7 Å². The van der Waals surface area contributed by atoms with Gasteiger partial charge >= 0.3 is 0 Å². The molecule has 0 saturated carbocycles. The van der Waals surface area contributed by atoms with E-state index in [0.29, 0.717) is 17.9 Å². The summed E-state index contributed by atoms with van der Waals surface area (Å²) < 4.78 is 5.42. The van der Waals surface area contributed by atoms with Crippen LogP contribution in [0.5, 0.6) is 5.75 Å². The van der Waals surface area contributed by atoms with Crippen molar-refractivity contribution in [3.05, 3.63) is 65.7 Å². The van der Waals surface area contributed by atoms with Crippen LogP contribution in [0.15, 0.2) is 54.6 Å². The molecule has 3 fully saturated rings. The van der Waals surface area contributed by atoms with Gasteiger partial charge in [-0.25, -0.2) is 0 Å². The highest BCUT2D eigenvalue weighted by Crippen LogP contribution is 2.51. The Labute approximate surface area is 150 Å². The first-order valence-electron chi connectivity index (χ1n) is 9.35. The van der Waals surface area contributed by atoms with E-state index in [4.69, 9.17) is 4.74 Å². The summed E-state index contributed by atoms with van der Waals surface area (Å²) in [5, 5.41) is 10.3. The fourth-order valence-electron chi connectivity index (χ4n) is 5.04. The zero-order valence-corrected chi connectivity index (χ0v) is 14.8. The fourth-order valence-corrected chi connectivity index (χ4v) is 5.04. The molecule has 5 rings (SSSR count). The molecule has 3 heterocycles. The monoisotopic (exact) mass is 337 g/mol. The zero-order valence-electron chi connectivity index (χ0n) is 14.8. The highest BCUT2D eigenvalue weighted by Gasteiger charge is 2.46. The molecular formula is C22H27NO2. The quantitative estimate of drug-likeness (QED) is 0.899. The van der Waals surface area contributed by atoms with E-state index in [1.54, 1.807) is 7.11 Å². The van der Waals surface area contributed by atoms with Crippen molar-refractivity contribution in [2.24, 2.45) is 11.8 Å². The molecule has 1 N–H and O–H groups in total. The summed E-state index contributed by atoms with van der Waals surface area (Å²) in [6, 6.07) is 19.5. The van der Waals surface area contributed by atoms with Crippen molar-refractivity contribution in [2.75, 3.05) is 26.8 Å². The molecule has 3 unspecified atom stereocenters. The first kappa shape index (κ1) is 16.6. The summed E-state index contributed by atoms with van der Waals surface area (Å²) in [6.45, 7) is 2.54. The van der Waals surface area contributed by atoms with E-state index >= 15 is 0 Å². The molecule has 3 nitrogen and oxygen atoms in total. The molecule has 0 aliphatic carbocycles. The molecule has 25 heavy (non-hydrogen) atoms. The van der Waals surface area contributed by atoms with Crippen LogP contribution in [0.25, 0.3) is 0 Å². The van der Waals surface area contributed by atoms with E-state index in [1.807, 2.05) is 12.1 Å². The summed E-state index contributed by atoms with van der Waals surface area (Å²) in [6.07, 6.45) is 2.49. The number of fused-ring (bicyclic) bond motifs is 3. The van der Waals surface area contributed by atoms with E-state index in [2.05, 4.69) is 47.4 Å². The molecule has 0 spiro atoms.